The lowest BCUT2D eigenvalue weighted by molar-refractivity contribution is -0.312. The lowest BCUT2D eigenvalue weighted by Crippen LogP contribution is -2.43. The molecule has 0 saturated carbocycles. The quantitative estimate of drug-likeness (QED) is 0.264. The minimum Gasteiger partial charge on any atom is -0.395 e. The first-order valence-corrected chi connectivity index (χ1v) is 10.3. The van der Waals surface area contributed by atoms with Crippen molar-refractivity contribution in [2.24, 2.45) is 0 Å². The van der Waals surface area contributed by atoms with Crippen LogP contribution in [0.1, 0.15) is 11.7 Å². The van der Waals surface area contributed by atoms with Gasteiger partial charge in [-0.3, -0.25) is 4.52 Å². The highest BCUT2D eigenvalue weighted by atomic mass is 31.2. The largest absolute Gasteiger partial charge is 0.588 e. The molecule has 3 rings (SSSR count). The van der Waals surface area contributed by atoms with E-state index in [1.54, 1.807) is 12.1 Å². The van der Waals surface area contributed by atoms with Crippen molar-refractivity contribution in [2.45, 2.75) is 18.2 Å². The Bertz CT molecular complexity index is 969. The fraction of sp³-hybridized carbons (Fsp3) is 0.143. The topological polar surface area (TPSA) is 44.8 Å². The van der Waals surface area contributed by atoms with E-state index < -0.39 is 31.6 Å². The summed E-state index contributed by atoms with van der Waals surface area (Å²) in [4.78, 5) is 0. The van der Waals surface area contributed by atoms with Crippen LogP contribution in [0.3, 0.4) is 0 Å². The Balaban J connectivity index is 2.04. The normalized spacial score (nSPS) is 13.5. The molecule has 1 unspecified atom stereocenters. The molecular formula is C21H16F5O4P. The maximum Gasteiger partial charge on any atom is 0.588 e. The first-order chi connectivity index (χ1) is 14.6. The first kappa shape index (κ1) is 22.8. The SMILES string of the molecule is O=P(Oc1ccccc1)(Oc1ccccc1)OC(c1ccccc1)C(F)(F)C(F)(F)F. The van der Waals surface area contributed by atoms with Gasteiger partial charge in [-0.05, 0) is 29.8 Å². The Labute approximate surface area is 174 Å². The van der Waals surface area contributed by atoms with Crippen LogP contribution in [0, 0.1) is 0 Å². The van der Waals surface area contributed by atoms with Crippen molar-refractivity contribution in [3.8, 4) is 11.5 Å². The number of alkyl halides is 5. The van der Waals surface area contributed by atoms with Gasteiger partial charge >= 0.3 is 19.9 Å². The zero-order valence-corrected chi connectivity index (χ0v) is 16.6. The predicted molar refractivity (Wildman–Crippen MR) is 103 cm³/mol. The third kappa shape index (κ3) is 5.62. The van der Waals surface area contributed by atoms with Crippen LogP contribution in [0.5, 0.6) is 11.5 Å². The Hall–Kier alpha value is -2.90. The standard InChI is InChI=1S/C21H16F5O4P/c22-20(23,21(24,25)26)19(16-10-4-1-5-11-16)30-31(27,28-17-12-6-2-7-13-17)29-18-14-8-3-9-15-18/h1-15,19H. The van der Waals surface area contributed by atoms with E-state index in [-0.39, 0.29) is 11.5 Å². The monoisotopic (exact) mass is 458 g/mol. The summed E-state index contributed by atoms with van der Waals surface area (Å²) in [6.07, 6.45) is -8.98. The summed E-state index contributed by atoms with van der Waals surface area (Å²) in [6.45, 7) is 0. The minimum atomic E-state index is -5.99. The fourth-order valence-corrected chi connectivity index (χ4v) is 3.92. The van der Waals surface area contributed by atoms with E-state index >= 15 is 0 Å². The summed E-state index contributed by atoms with van der Waals surface area (Å²) in [5, 5.41) is 0. The van der Waals surface area contributed by atoms with E-state index in [9.17, 15) is 26.5 Å². The second kappa shape index (κ2) is 9.08. The lowest BCUT2D eigenvalue weighted by Gasteiger charge is -2.31. The van der Waals surface area contributed by atoms with Gasteiger partial charge in [0.2, 0.25) is 0 Å². The molecule has 31 heavy (non-hydrogen) atoms. The van der Waals surface area contributed by atoms with Gasteiger partial charge in [0.1, 0.15) is 11.5 Å². The molecule has 0 aliphatic rings. The number of rotatable bonds is 8. The number of halogens is 5. The van der Waals surface area contributed by atoms with Crippen LogP contribution in [-0.4, -0.2) is 12.1 Å². The molecule has 0 N–H and O–H groups in total. The van der Waals surface area contributed by atoms with Gasteiger partial charge in [-0.25, -0.2) is 4.57 Å². The Morgan fingerprint density at radius 1 is 0.645 bits per heavy atom. The third-order valence-electron chi connectivity index (χ3n) is 3.96. The van der Waals surface area contributed by atoms with Crippen LogP contribution in [-0.2, 0) is 9.09 Å². The zero-order valence-electron chi connectivity index (χ0n) is 15.7. The van der Waals surface area contributed by atoms with Crippen molar-refractivity contribution >= 4 is 7.82 Å². The first-order valence-electron chi connectivity index (χ1n) is 8.88. The Kier molecular flexibility index (Phi) is 6.67. The summed E-state index contributed by atoms with van der Waals surface area (Å²) in [5.41, 5.74) is -0.557. The smallest absolute Gasteiger partial charge is 0.395 e. The molecule has 0 amide bonds. The maximum atomic E-state index is 14.4. The maximum absolute atomic E-state index is 14.4. The number of benzene rings is 3. The predicted octanol–water partition coefficient (Wildman–Crippen LogP) is 7.21. The number of phosphoric acid groups is 1. The third-order valence-corrected chi connectivity index (χ3v) is 5.30. The Morgan fingerprint density at radius 2 is 1.03 bits per heavy atom. The van der Waals surface area contributed by atoms with Crippen molar-refractivity contribution in [3.63, 3.8) is 0 Å². The average Bonchev–Trinajstić information content (AvgIpc) is 2.73. The van der Waals surface area contributed by atoms with Gasteiger partial charge < -0.3 is 9.05 Å². The van der Waals surface area contributed by atoms with Gasteiger partial charge in [-0.15, -0.1) is 0 Å². The average molecular weight is 458 g/mol. The summed E-state index contributed by atoms with van der Waals surface area (Å²) in [6, 6.07) is 20.4. The van der Waals surface area contributed by atoms with Gasteiger partial charge in [-0.1, -0.05) is 66.7 Å². The van der Waals surface area contributed by atoms with Crippen LogP contribution >= 0.6 is 7.82 Å². The molecule has 1 atom stereocenters. The van der Waals surface area contributed by atoms with Crippen molar-refractivity contribution in [1.82, 2.24) is 0 Å². The second-order valence-electron chi connectivity index (χ2n) is 6.27. The van der Waals surface area contributed by atoms with Crippen molar-refractivity contribution < 1.29 is 40.1 Å². The molecule has 0 fully saturated rings. The highest BCUT2D eigenvalue weighted by molar-refractivity contribution is 7.49. The van der Waals surface area contributed by atoms with Gasteiger partial charge in [0.15, 0.2) is 6.10 Å². The highest BCUT2D eigenvalue weighted by Gasteiger charge is 2.65. The summed E-state index contributed by atoms with van der Waals surface area (Å²) >= 11 is 0. The minimum absolute atomic E-state index is 0.107. The second-order valence-corrected chi connectivity index (χ2v) is 7.74. The number of hydrogen-bond donors (Lipinski definition) is 0. The van der Waals surface area contributed by atoms with E-state index in [1.807, 2.05) is 0 Å². The number of phosphoric ester groups is 1. The van der Waals surface area contributed by atoms with Crippen LogP contribution in [0.2, 0.25) is 0 Å². The van der Waals surface area contributed by atoms with E-state index in [0.717, 1.165) is 12.1 Å². The lowest BCUT2D eigenvalue weighted by atomic mass is 10.0. The molecule has 164 valence electrons. The molecule has 0 heterocycles. The molecule has 0 aliphatic carbocycles. The molecule has 3 aromatic rings. The molecular weight excluding hydrogens is 442 g/mol. The molecule has 0 bridgehead atoms. The van der Waals surface area contributed by atoms with Gasteiger partial charge in [0, 0.05) is 0 Å². The van der Waals surface area contributed by atoms with Crippen molar-refractivity contribution in [2.75, 3.05) is 0 Å². The van der Waals surface area contributed by atoms with Crippen LogP contribution in [0.25, 0.3) is 0 Å². The molecule has 0 saturated heterocycles. The molecule has 0 aromatic heterocycles. The van der Waals surface area contributed by atoms with E-state index in [2.05, 4.69) is 0 Å². The fourth-order valence-electron chi connectivity index (χ4n) is 2.52. The van der Waals surface area contributed by atoms with Crippen LogP contribution in [0.4, 0.5) is 22.0 Å². The van der Waals surface area contributed by atoms with Gasteiger partial charge in [-0.2, -0.15) is 22.0 Å². The molecule has 0 spiro atoms. The van der Waals surface area contributed by atoms with Crippen molar-refractivity contribution in [1.29, 1.82) is 0 Å². The molecule has 0 radical (unpaired) electrons. The van der Waals surface area contributed by atoms with Crippen molar-refractivity contribution in [3.05, 3.63) is 96.6 Å². The van der Waals surface area contributed by atoms with E-state index in [4.69, 9.17) is 13.6 Å². The van der Waals surface area contributed by atoms with E-state index in [0.29, 0.717) is 0 Å². The molecule has 4 nitrogen and oxygen atoms in total. The highest BCUT2D eigenvalue weighted by Crippen LogP contribution is 2.58. The summed E-state index contributed by atoms with van der Waals surface area (Å²) < 4.78 is 97.0. The number of hydrogen-bond acceptors (Lipinski definition) is 4. The van der Waals surface area contributed by atoms with Crippen LogP contribution in [0.15, 0.2) is 91.0 Å². The Morgan fingerprint density at radius 3 is 1.42 bits per heavy atom. The van der Waals surface area contributed by atoms with Gasteiger partial charge in [0.05, 0.1) is 0 Å². The van der Waals surface area contributed by atoms with Crippen LogP contribution < -0.4 is 9.05 Å². The molecule has 10 heteroatoms. The zero-order chi connectivity index (χ0) is 22.5. The molecule has 3 aromatic carbocycles. The summed E-state index contributed by atoms with van der Waals surface area (Å²) in [5.74, 6) is -5.61. The number of para-hydroxylation sites is 2. The molecule has 0 aliphatic heterocycles. The summed E-state index contributed by atoms with van der Waals surface area (Å²) in [7, 11) is -5.03. The van der Waals surface area contributed by atoms with Gasteiger partial charge in [0.25, 0.3) is 0 Å². The van der Waals surface area contributed by atoms with E-state index in [1.165, 1.54) is 66.7 Å².